The lowest BCUT2D eigenvalue weighted by molar-refractivity contribution is -0.140. The highest BCUT2D eigenvalue weighted by atomic mass is 16.5. The maximum Gasteiger partial charge on any atom is 0.338 e. The lowest BCUT2D eigenvalue weighted by atomic mass is 9.94. The number of rotatable bonds is 7. The Bertz CT molecular complexity index is 1110. The molecule has 8 heteroatoms. The molecule has 0 radical (unpaired) electrons. The summed E-state index contributed by atoms with van der Waals surface area (Å²) in [6.07, 6.45) is 1.45. The zero-order chi connectivity index (χ0) is 21.8. The molecule has 1 aliphatic heterocycles. The number of para-hydroxylation sites is 1. The third kappa shape index (κ3) is 3.96. The van der Waals surface area contributed by atoms with Crippen molar-refractivity contribution < 1.29 is 19.0 Å². The first-order valence-corrected chi connectivity index (χ1v) is 10.0. The Balaban J connectivity index is 1.76. The van der Waals surface area contributed by atoms with Gasteiger partial charge in [0.1, 0.15) is 19.0 Å². The number of benzene rings is 2. The number of methoxy groups -OCH3 is 1. The van der Waals surface area contributed by atoms with Gasteiger partial charge in [-0.3, -0.25) is 0 Å². The largest absolute Gasteiger partial charge is 0.493 e. The van der Waals surface area contributed by atoms with E-state index < -0.39 is 12.0 Å². The molecule has 2 aromatic carbocycles. The number of esters is 1. The lowest BCUT2D eigenvalue weighted by Crippen LogP contribution is -2.30. The van der Waals surface area contributed by atoms with Crippen LogP contribution in [0.3, 0.4) is 0 Å². The van der Waals surface area contributed by atoms with Crippen LogP contribution in [-0.2, 0) is 16.1 Å². The second-order valence-corrected chi connectivity index (χ2v) is 6.97. The maximum absolute atomic E-state index is 13.3. The summed E-state index contributed by atoms with van der Waals surface area (Å²) in [5.41, 5.74) is 2.73. The van der Waals surface area contributed by atoms with Crippen LogP contribution in [0.15, 0.2) is 66.1 Å². The zero-order valence-corrected chi connectivity index (χ0v) is 17.7. The van der Waals surface area contributed by atoms with Crippen molar-refractivity contribution >= 4 is 11.9 Å². The molecule has 0 fully saturated rings. The summed E-state index contributed by atoms with van der Waals surface area (Å²) in [5, 5.41) is 7.51. The smallest absolute Gasteiger partial charge is 0.338 e. The highest BCUT2D eigenvalue weighted by Crippen LogP contribution is 2.42. The molecule has 0 aliphatic carbocycles. The van der Waals surface area contributed by atoms with Crippen LogP contribution in [0.4, 0.5) is 5.95 Å². The van der Waals surface area contributed by atoms with Crippen LogP contribution in [0.25, 0.3) is 0 Å². The first-order valence-electron chi connectivity index (χ1n) is 10.0. The first kappa shape index (κ1) is 20.5. The predicted octanol–water partition coefficient (Wildman–Crippen LogP) is 3.72. The maximum atomic E-state index is 13.3. The van der Waals surface area contributed by atoms with Crippen molar-refractivity contribution in [3.8, 4) is 11.5 Å². The monoisotopic (exact) mass is 420 g/mol. The minimum absolute atomic E-state index is 0.170. The topological polar surface area (TPSA) is 87.5 Å². The van der Waals surface area contributed by atoms with Crippen molar-refractivity contribution in [2.45, 2.75) is 26.5 Å². The standard InChI is InChI=1S/C23H24N4O4/c1-4-30-21-17(11-8-12-18(21)29-3)20-19(15(2)26-23-24-14-25-27(20)23)22(28)31-13-16-9-6-5-7-10-16/h5-12,14,20H,4,13H2,1-3H3,(H,24,25,26). The number of carbonyl (C=O) groups excluding carboxylic acids is 1. The van der Waals surface area contributed by atoms with Crippen molar-refractivity contribution in [2.24, 2.45) is 0 Å². The molecule has 2 heterocycles. The number of hydrogen-bond acceptors (Lipinski definition) is 7. The summed E-state index contributed by atoms with van der Waals surface area (Å²) in [5.74, 6) is 1.23. The Morgan fingerprint density at radius 2 is 1.97 bits per heavy atom. The second kappa shape index (κ2) is 8.91. The Kier molecular flexibility index (Phi) is 5.88. The summed E-state index contributed by atoms with van der Waals surface area (Å²) in [4.78, 5) is 17.5. The van der Waals surface area contributed by atoms with Crippen molar-refractivity contribution in [1.82, 2.24) is 14.8 Å². The Morgan fingerprint density at radius 3 is 2.71 bits per heavy atom. The van der Waals surface area contributed by atoms with E-state index in [1.54, 1.807) is 11.8 Å². The minimum Gasteiger partial charge on any atom is -0.493 e. The van der Waals surface area contributed by atoms with Crippen molar-refractivity contribution in [3.05, 3.63) is 77.3 Å². The summed E-state index contributed by atoms with van der Waals surface area (Å²) in [7, 11) is 1.58. The van der Waals surface area contributed by atoms with E-state index in [1.807, 2.05) is 62.4 Å². The Morgan fingerprint density at radius 1 is 1.16 bits per heavy atom. The SMILES string of the molecule is CCOc1c(OC)cccc1C1C(C(=O)OCc2ccccc2)=C(C)Nc2ncnn21. The van der Waals surface area contributed by atoms with Crippen LogP contribution in [0, 0.1) is 0 Å². The Labute approximate surface area is 180 Å². The molecule has 1 N–H and O–H groups in total. The number of nitrogens with zero attached hydrogens (tertiary/aromatic N) is 3. The summed E-state index contributed by atoms with van der Waals surface area (Å²) >= 11 is 0. The summed E-state index contributed by atoms with van der Waals surface area (Å²) in [6.45, 7) is 4.34. The molecule has 1 aliphatic rings. The van der Waals surface area contributed by atoms with Gasteiger partial charge in [0.2, 0.25) is 5.95 Å². The molecule has 31 heavy (non-hydrogen) atoms. The number of allylic oxidation sites excluding steroid dienone is 1. The molecule has 1 atom stereocenters. The van der Waals surface area contributed by atoms with E-state index in [0.717, 1.165) is 11.1 Å². The molecule has 1 unspecified atom stereocenters. The number of nitrogens with one attached hydrogen (secondary N) is 1. The van der Waals surface area contributed by atoms with Gasteiger partial charge >= 0.3 is 5.97 Å². The molecule has 0 saturated carbocycles. The van der Waals surface area contributed by atoms with E-state index in [-0.39, 0.29) is 6.61 Å². The van der Waals surface area contributed by atoms with E-state index in [2.05, 4.69) is 15.4 Å². The van der Waals surface area contributed by atoms with Crippen LogP contribution < -0.4 is 14.8 Å². The predicted molar refractivity (Wildman–Crippen MR) is 115 cm³/mol. The van der Waals surface area contributed by atoms with Gasteiger partial charge in [-0.05, 0) is 25.5 Å². The molecule has 4 rings (SSSR count). The third-order valence-electron chi connectivity index (χ3n) is 5.04. The highest BCUT2D eigenvalue weighted by molar-refractivity contribution is 5.92. The Hall–Kier alpha value is -3.81. The van der Waals surface area contributed by atoms with Gasteiger partial charge in [-0.1, -0.05) is 42.5 Å². The highest BCUT2D eigenvalue weighted by Gasteiger charge is 2.36. The lowest BCUT2D eigenvalue weighted by Gasteiger charge is -2.29. The van der Waals surface area contributed by atoms with Crippen LogP contribution >= 0.6 is 0 Å². The number of ether oxygens (including phenoxy) is 3. The molecule has 0 bridgehead atoms. The number of carbonyl (C=O) groups is 1. The number of fused-ring (bicyclic) bond motifs is 1. The van der Waals surface area contributed by atoms with Crippen LogP contribution in [0.2, 0.25) is 0 Å². The molecule has 0 spiro atoms. The first-order chi connectivity index (χ1) is 15.1. The fraction of sp³-hybridized carbons (Fsp3) is 0.261. The summed E-state index contributed by atoms with van der Waals surface area (Å²) in [6, 6.07) is 14.6. The number of hydrogen-bond donors (Lipinski definition) is 1. The van der Waals surface area contributed by atoms with E-state index in [1.165, 1.54) is 6.33 Å². The fourth-order valence-corrected chi connectivity index (χ4v) is 3.65. The molecule has 1 aromatic heterocycles. The molecule has 160 valence electrons. The quantitative estimate of drug-likeness (QED) is 0.583. The van der Waals surface area contributed by atoms with Crippen LogP contribution in [0.1, 0.15) is 31.0 Å². The van der Waals surface area contributed by atoms with Gasteiger partial charge in [-0.2, -0.15) is 10.1 Å². The molecule has 8 nitrogen and oxygen atoms in total. The number of anilines is 1. The molecule has 0 saturated heterocycles. The van der Waals surface area contributed by atoms with Crippen molar-refractivity contribution in [3.63, 3.8) is 0 Å². The average molecular weight is 420 g/mol. The fourth-order valence-electron chi connectivity index (χ4n) is 3.65. The van der Waals surface area contributed by atoms with E-state index in [4.69, 9.17) is 14.2 Å². The van der Waals surface area contributed by atoms with Gasteiger partial charge in [-0.25, -0.2) is 9.48 Å². The van der Waals surface area contributed by atoms with Crippen LogP contribution in [0.5, 0.6) is 11.5 Å². The van der Waals surface area contributed by atoms with Gasteiger partial charge in [0.05, 0.1) is 19.3 Å². The second-order valence-electron chi connectivity index (χ2n) is 6.97. The van der Waals surface area contributed by atoms with Crippen molar-refractivity contribution in [2.75, 3.05) is 19.0 Å². The van der Waals surface area contributed by atoms with Crippen LogP contribution in [-0.4, -0.2) is 34.5 Å². The van der Waals surface area contributed by atoms with Gasteiger partial charge in [-0.15, -0.1) is 0 Å². The molecule has 0 amide bonds. The summed E-state index contributed by atoms with van der Waals surface area (Å²) < 4.78 is 18.7. The molecule has 3 aromatic rings. The van der Waals surface area contributed by atoms with Crippen molar-refractivity contribution in [1.29, 1.82) is 0 Å². The van der Waals surface area contributed by atoms with E-state index >= 15 is 0 Å². The third-order valence-corrected chi connectivity index (χ3v) is 5.04. The van der Waals surface area contributed by atoms with Gasteiger partial charge < -0.3 is 19.5 Å². The van der Waals surface area contributed by atoms with E-state index in [0.29, 0.717) is 35.3 Å². The molecular weight excluding hydrogens is 396 g/mol. The zero-order valence-electron chi connectivity index (χ0n) is 17.7. The normalized spacial score (nSPS) is 15.1. The van der Waals surface area contributed by atoms with E-state index in [9.17, 15) is 4.79 Å². The van der Waals surface area contributed by atoms with Gasteiger partial charge in [0, 0.05) is 11.3 Å². The molecular formula is C23H24N4O4. The average Bonchev–Trinajstić information content (AvgIpc) is 3.25. The minimum atomic E-state index is -0.585. The number of aromatic nitrogens is 3. The van der Waals surface area contributed by atoms with Gasteiger partial charge in [0.25, 0.3) is 0 Å². The van der Waals surface area contributed by atoms with Gasteiger partial charge in [0.15, 0.2) is 11.5 Å².